The lowest BCUT2D eigenvalue weighted by Crippen LogP contribution is -2.48. The van der Waals surface area contributed by atoms with Gasteiger partial charge < -0.3 is 20.5 Å². The second-order valence-electron chi connectivity index (χ2n) is 11.5. The fourth-order valence-electron chi connectivity index (χ4n) is 6.30. The number of aromatic nitrogens is 2. The number of halogens is 2. The van der Waals surface area contributed by atoms with Gasteiger partial charge >= 0.3 is 0 Å². The molecule has 0 spiro atoms. The molecule has 1 heterocycles. The van der Waals surface area contributed by atoms with Crippen LogP contribution in [0.2, 0.25) is 0 Å². The largest absolute Gasteiger partial charge is 0.310 e. The SMILES string of the molecule is CCC[C@H](N[C@H]1CCc2cc(F)cc(F)c2C1)C(=O)Nc1cn(-c2ccccc2CNC2CCCCC2C)cn1. The number of nitrogens with zero attached hydrogens (tertiary/aromatic N) is 2. The maximum atomic E-state index is 14.4. The van der Waals surface area contributed by atoms with Crippen LogP contribution in [0.4, 0.5) is 14.6 Å². The van der Waals surface area contributed by atoms with Crippen LogP contribution in [0.25, 0.3) is 5.69 Å². The quantitative estimate of drug-likeness (QED) is 0.287. The molecule has 4 atom stereocenters. The lowest BCUT2D eigenvalue weighted by molar-refractivity contribution is -0.118. The summed E-state index contributed by atoms with van der Waals surface area (Å²) in [5, 5.41) is 10.2. The first-order valence-corrected chi connectivity index (χ1v) is 14.8. The number of nitrogens with one attached hydrogen (secondary N) is 3. The van der Waals surface area contributed by atoms with Crippen molar-refractivity contribution in [2.24, 2.45) is 5.92 Å². The van der Waals surface area contributed by atoms with E-state index in [9.17, 15) is 13.6 Å². The third-order valence-corrected chi connectivity index (χ3v) is 8.57. The van der Waals surface area contributed by atoms with E-state index in [0.29, 0.717) is 42.6 Å². The van der Waals surface area contributed by atoms with Crippen LogP contribution in [-0.4, -0.2) is 33.6 Å². The highest BCUT2D eigenvalue weighted by molar-refractivity contribution is 5.94. The van der Waals surface area contributed by atoms with Gasteiger partial charge in [0.25, 0.3) is 0 Å². The molecule has 1 amide bonds. The highest BCUT2D eigenvalue weighted by atomic mass is 19.1. The number of benzene rings is 2. The molecule has 1 saturated carbocycles. The summed E-state index contributed by atoms with van der Waals surface area (Å²) in [4.78, 5) is 17.8. The highest BCUT2D eigenvalue weighted by Crippen LogP contribution is 2.27. The smallest absolute Gasteiger partial charge is 0.242 e. The van der Waals surface area contributed by atoms with Crippen molar-refractivity contribution in [1.29, 1.82) is 0 Å². The number of fused-ring (bicyclic) bond motifs is 1. The van der Waals surface area contributed by atoms with Crippen molar-refractivity contribution in [3.05, 3.63) is 77.2 Å². The molecule has 0 bridgehead atoms. The lowest BCUT2D eigenvalue weighted by Gasteiger charge is -2.30. The average Bonchev–Trinajstić information content (AvgIpc) is 3.41. The van der Waals surface area contributed by atoms with Crippen LogP contribution in [0.3, 0.4) is 0 Å². The van der Waals surface area contributed by atoms with Gasteiger partial charge in [-0.2, -0.15) is 0 Å². The standard InChI is InChI=1S/C32H41F2N5O/c1-3-8-29(37-25-14-13-22-15-24(33)16-27(34)26(22)17-25)32(40)38-31-19-39(20-36-31)30-12-7-5-10-23(30)18-35-28-11-6-4-9-21(28)2/h5,7,10,12,15-16,19-21,25,28-29,35,37H,3-4,6,8-9,11,13-14,17-18H2,1-2H3,(H,38,40)/t21?,25-,28?,29-/m0/s1. The minimum atomic E-state index is -0.539. The maximum Gasteiger partial charge on any atom is 0.242 e. The Kier molecular flexibility index (Phi) is 9.27. The van der Waals surface area contributed by atoms with Gasteiger partial charge in [0.15, 0.2) is 5.82 Å². The number of aryl methyl sites for hydroxylation is 1. The number of hydrogen-bond acceptors (Lipinski definition) is 4. The molecular weight excluding hydrogens is 508 g/mol. The zero-order valence-electron chi connectivity index (χ0n) is 23.6. The Morgan fingerprint density at radius 2 is 1.98 bits per heavy atom. The molecule has 1 aromatic heterocycles. The van der Waals surface area contributed by atoms with E-state index in [4.69, 9.17) is 0 Å². The molecule has 214 valence electrons. The molecule has 0 saturated heterocycles. The van der Waals surface area contributed by atoms with Gasteiger partial charge in [-0.15, -0.1) is 0 Å². The first kappa shape index (κ1) is 28.4. The number of carbonyl (C=O) groups is 1. The van der Waals surface area contributed by atoms with E-state index in [1.165, 1.54) is 37.3 Å². The minimum Gasteiger partial charge on any atom is -0.310 e. The van der Waals surface area contributed by atoms with Crippen LogP contribution >= 0.6 is 0 Å². The fraction of sp³-hybridized carbons (Fsp3) is 0.500. The van der Waals surface area contributed by atoms with Gasteiger partial charge in [0, 0.05) is 24.7 Å². The third-order valence-electron chi connectivity index (χ3n) is 8.57. The Labute approximate surface area is 236 Å². The van der Waals surface area contributed by atoms with Crippen LogP contribution in [0.15, 0.2) is 48.9 Å². The van der Waals surface area contributed by atoms with Crippen molar-refractivity contribution in [3.8, 4) is 5.69 Å². The predicted octanol–water partition coefficient (Wildman–Crippen LogP) is 6.07. The molecule has 40 heavy (non-hydrogen) atoms. The summed E-state index contributed by atoms with van der Waals surface area (Å²) < 4.78 is 30.0. The Hall–Kier alpha value is -3.10. The van der Waals surface area contributed by atoms with Crippen LogP contribution < -0.4 is 16.0 Å². The number of rotatable bonds is 10. The fourth-order valence-corrected chi connectivity index (χ4v) is 6.30. The van der Waals surface area contributed by atoms with Crippen molar-refractivity contribution < 1.29 is 13.6 Å². The summed E-state index contributed by atoms with van der Waals surface area (Å²) in [6, 6.07) is 10.7. The normalized spacial score (nSPS) is 21.6. The zero-order chi connectivity index (χ0) is 28.1. The second-order valence-corrected chi connectivity index (χ2v) is 11.5. The van der Waals surface area contributed by atoms with Gasteiger partial charge in [-0.05, 0) is 73.3 Å². The Morgan fingerprint density at radius 3 is 2.80 bits per heavy atom. The maximum absolute atomic E-state index is 14.4. The molecule has 2 unspecified atom stereocenters. The number of carbonyl (C=O) groups excluding carboxylic acids is 1. The Bertz CT molecular complexity index is 1310. The van der Waals surface area contributed by atoms with Gasteiger partial charge in [0.2, 0.25) is 5.91 Å². The molecule has 8 heteroatoms. The Morgan fingerprint density at radius 1 is 1.15 bits per heavy atom. The van der Waals surface area contributed by atoms with Crippen LogP contribution in [0.5, 0.6) is 0 Å². The van der Waals surface area contributed by atoms with E-state index in [0.717, 1.165) is 36.7 Å². The number of anilines is 1. The molecule has 3 N–H and O–H groups in total. The number of imidazole rings is 1. The van der Waals surface area contributed by atoms with Gasteiger partial charge in [0.1, 0.15) is 18.0 Å². The molecule has 2 aliphatic carbocycles. The van der Waals surface area contributed by atoms with Crippen molar-refractivity contribution in [2.45, 2.75) is 96.3 Å². The summed E-state index contributed by atoms with van der Waals surface area (Å²) >= 11 is 0. The van der Waals surface area contributed by atoms with E-state index in [-0.39, 0.29) is 11.9 Å². The van der Waals surface area contributed by atoms with E-state index < -0.39 is 17.7 Å². The van der Waals surface area contributed by atoms with Crippen LogP contribution in [0.1, 0.15) is 75.5 Å². The van der Waals surface area contributed by atoms with Gasteiger partial charge in [-0.25, -0.2) is 13.8 Å². The van der Waals surface area contributed by atoms with Crippen molar-refractivity contribution in [1.82, 2.24) is 20.2 Å². The number of para-hydroxylation sites is 1. The topological polar surface area (TPSA) is 71.0 Å². The molecule has 0 aliphatic heterocycles. The molecule has 0 radical (unpaired) electrons. The summed E-state index contributed by atoms with van der Waals surface area (Å²) in [5.41, 5.74) is 3.49. The number of amides is 1. The number of hydrogen-bond donors (Lipinski definition) is 3. The lowest BCUT2D eigenvalue weighted by atomic mass is 9.86. The first-order valence-electron chi connectivity index (χ1n) is 14.8. The van der Waals surface area contributed by atoms with E-state index in [1.54, 1.807) is 6.33 Å². The first-order chi connectivity index (χ1) is 19.4. The summed E-state index contributed by atoms with van der Waals surface area (Å²) in [6.45, 7) is 5.15. The van der Waals surface area contributed by atoms with Gasteiger partial charge in [0.05, 0.1) is 17.9 Å². The van der Waals surface area contributed by atoms with Crippen molar-refractivity contribution >= 4 is 11.7 Å². The molecule has 5 rings (SSSR count). The molecule has 6 nitrogen and oxygen atoms in total. The average molecular weight is 550 g/mol. The van der Waals surface area contributed by atoms with E-state index >= 15 is 0 Å². The van der Waals surface area contributed by atoms with E-state index in [2.05, 4.69) is 46.1 Å². The molecule has 1 fully saturated rings. The minimum absolute atomic E-state index is 0.0569. The molecular formula is C32H41F2N5O. The molecule has 2 aliphatic rings. The second kappa shape index (κ2) is 13.0. The predicted molar refractivity (Wildman–Crippen MR) is 154 cm³/mol. The highest BCUT2D eigenvalue weighted by Gasteiger charge is 2.27. The van der Waals surface area contributed by atoms with Crippen LogP contribution in [0, 0.1) is 17.6 Å². The monoisotopic (exact) mass is 549 g/mol. The third kappa shape index (κ3) is 6.78. The molecule has 2 aromatic carbocycles. The van der Waals surface area contributed by atoms with E-state index in [1.807, 2.05) is 23.8 Å². The zero-order valence-corrected chi connectivity index (χ0v) is 23.6. The molecule has 3 aromatic rings. The summed E-state index contributed by atoms with van der Waals surface area (Å²) in [6.07, 6.45) is 11.9. The van der Waals surface area contributed by atoms with Crippen molar-refractivity contribution in [3.63, 3.8) is 0 Å². The Balaban J connectivity index is 1.22. The summed E-state index contributed by atoms with van der Waals surface area (Å²) in [7, 11) is 0. The van der Waals surface area contributed by atoms with Crippen LogP contribution in [-0.2, 0) is 24.2 Å². The summed E-state index contributed by atoms with van der Waals surface area (Å²) in [5.74, 6) is -0.0212. The van der Waals surface area contributed by atoms with Gasteiger partial charge in [-0.1, -0.05) is 51.3 Å². The van der Waals surface area contributed by atoms with Crippen molar-refractivity contribution in [2.75, 3.05) is 5.32 Å². The van der Waals surface area contributed by atoms with Gasteiger partial charge in [-0.3, -0.25) is 4.79 Å².